The smallest absolute Gasteiger partial charge is 0.330 e. The highest BCUT2D eigenvalue weighted by atomic mass is 32.5. The molecule has 204 valence electrons. The molecule has 1 aromatic carbocycles. The maximum Gasteiger partial charge on any atom is 0.330 e. The number of hydrogen-bond acceptors (Lipinski definition) is 9. The number of hydrogen-bond donors (Lipinski definition) is 5. The Balaban J connectivity index is 1.83. The van der Waals surface area contributed by atoms with Crippen molar-refractivity contribution in [2.75, 3.05) is 6.61 Å². The lowest BCUT2D eigenvalue weighted by molar-refractivity contribution is -0.122. The molecule has 37 heavy (non-hydrogen) atoms. The van der Waals surface area contributed by atoms with Crippen LogP contribution in [0.2, 0.25) is 0 Å². The first-order valence-electron chi connectivity index (χ1n) is 11.7. The van der Waals surface area contributed by atoms with Gasteiger partial charge in [-0.05, 0) is 58.1 Å². The third kappa shape index (κ3) is 6.94. The summed E-state index contributed by atoms with van der Waals surface area (Å²) in [6, 6.07) is 7.38. The Morgan fingerprint density at radius 2 is 1.97 bits per heavy atom. The van der Waals surface area contributed by atoms with Crippen molar-refractivity contribution in [2.45, 2.75) is 70.7 Å². The molecule has 2 heterocycles. The van der Waals surface area contributed by atoms with Gasteiger partial charge in [0.25, 0.3) is 5.56 Å². The molecule has 1 aliphatic heterocycles. The van der Waals surface area contributed by atoms with E-state index in [0.29, 0.717) is 5.75 Å². The first-order chi connectivity index (χ1) is 17.2. The van der Waals surface area contributed by atoms with Crippen molar-refractivity contribution in [3.8, 4) is 5.75 Å². The number of aromatic nitrogens is 2. The highest BCUT2D eigenvalue weighted by Crippen LogP contribution is 2.47. The monoisotopic (exact) mass is 556 g/mol. The molecule has 0 spiro atoms. The first kappa shape index (κ1) is 29.2. The zero-order chi connectivity index (χ0) is 27.5. The van der Waals surface area contributed by atoms with E-state index < -0.39 is 48.0 Å². The zero-order valence-corrected chi connectivity index (χ0v) is 22.9. The van der Waals surface area contributed by atoms with Crippen LogP contribution in [0.15, 0.2) is 46.1 Å². The zero-order valence-electron chi connectivity index (χ0n) is 21.2. The minimum absolute atomic E-state index is 0.0923. The molecule has 0 bridgehead atoms. The van der Waals surface area contributed by atoms with Crippen LogP contribution in [0.3, 0.4) is 0 Å². The van der Waals surface area contributed by atoms with Gasteiger partial charge in [0, 0.05) is 18.3 Å². The van der Waals surface area contributed by atoms with Crippen LogP contribution in [0.5, 0.6) is 5.75 Å². The van der Waals surface area contributed by atoms with Crippen molar-refractivity contribution in [3.63, 3.8) is 0 Å². The minimum atomic E-state index is -3.42. The van der Waals surface area contributed by atoms with Gasteiger partial charge in [-0.15, -0.1) is 0 Å². The second-order valence-corrected chi connectivity index (χ2v) is 12.5. The highest BCUT2D eigenvalue weighted by Gasteiger charge is 2.53. The van der Waals surface area contributed by atoms with Gasteiger partial charge >= 0.3 is 12.3 Å². The Labute approximate surface area is 219 Å². The van der Waals surface area contributed by atoms with E-state index in [1.165, 1.54) is 13.1 Å². The van der Waals surface area contributed by atoms with Gasteiger partial charge in [0.15, 0.2) is 6.23 Å². The molecule has 0 aliphatic carbocycles. The van der Waals surface area contributed by atoms with Gasteiger partial charge in [0.2, 0.25) is 5.91 Å². The topological polar surface area (TPSA) is 164 Å². The average molecular weight is 557 g/mol. The number of nitrogens with one attached hydrogen (secondary N) is 3. The molecule has 2 unspecified atom stereocenters. The standard InChI is InChI=1S/C23H33N4O8PS/c1-13(2)24-20(30)15(4)26-36(37,35-16-9-7-6-8-14(16)3)33-12-17-19(29)23(5,32)21(34-17)27-11-10-18(28)25-22(27)31/h6-11,13,15,17,19,21,29,32H,12H2,1-5H3,(H,24,30)(H,26,37)(H,25,28,31)/t15?,17-,19-,21-,23-,36?/m1/s1. The van der Waals surface area contributed by atoms with E-state index in [2.05, 4.69) is 15.4 Å². The number of carbonyl (C=O) groups excluding carboxylic acids is 1. The number of amides is 1. The van der Waals surface area contributed by atoms with Crippen LogP contribution in [0, 0.1) is 6.92 Å². The number of rotatable bonds is 10. The Morgan fingerprint density at radius 3 is 2.59 bits per heavy atom. The molecule has 6 atom stereocenters. The van der Waals surface area contributed by atoms with Gasteiger partial charge < -0.3 is 29.3 Å². The number of H-pyrrole nitrogens is 1. The number of carbonyl (C=O) groups is 1. The summed E-state index contributed by atoms with van der Waals surface area (Å²) in [5.74, 6) is 0.145. The van der Waals surface area contributed by atoms with Gasteiger partial charge in [-0.1, -0.05) is 18.2 Å². The number of aryl methyl sites for hydroxylation is 1. The van der Waals surface area contributed by atoms with Crippen molar-refractivity contribution in [1.29, 1.82) is 0 Å². The third-order valence-corrected chi connectivity index (χ3v) is 8.24. The van der Waals surface area contributed by atoms with Crippen LogP contribution >= 0.6 is 6.64 Å². The predicted octanol–water partition coefficient (Wildman–Crippen LogP) is 0.677. The van der Waals surface area contributed by atoms with Crippen LogP contribution < -0.4 is 26.2 Å². The Hall–Kier alpha value is -2.38. The molecule has 2 aromatic rings. The molecule has 0 saturated carbocycles. The summed E-state index contributed by atoms with van der Waals surface area (Å²) in [6.45, 7) is 4.66. The maximum atomic E-state index is 12.5. The van der Waals surface area contributed by atoms with E-state index in [4.69, 9.17) is 25.6 Å². The lowest BCUT2D eigenvalue weighted by atomic mass is 9.96. The fourth-order valence-corrected chi connectivity index (χ4v) is 6.22. The Kier molecular flexibility index (Phi) is 9.12. The summed E-state index contributed by atoms with van der Waals surface area (Å²) >= 11 is 5.72. The fourth-order valence-electron chi connectivity index (χ4n) is 3.74. The molecule has 5 N–H and O–H groups in total. The molecule has 1 aliphatic rings. The molecule has 1 fully saturated rings. The normalized spacial score (nSPS) is 26.0. The fraction of sp³-hybridized carbons (Fsp3) is 0.522. The summed E-state index contributed by atoms with van der Waals surface area (Å²) in [7, 11) is 0. The van der Waals surface area contributed by atoms with Crippen molar-refractivity contribution >= 4 is 24.4 Å². The summed E-state index contributed by atoms with van der Waals surface area (Å²) in [5, 5.41) is 27.5. The molecule has 1 aromatic heterocycles. The molecule has 1 saturated heterocycles. The second kappa shape index (κ2) is 11.6. The number of aliphatic hydroxyl groups is 2. The van der Waals surface area contributed by atoms with Crippen molar-refractivity contribution < 1.29 is 28.8 Å². The van der Waals surface area contributed by atoms with E-state index in [-0.39, 0.29) is 18.6 Å². The molecule has 0 radical (unpaired) electrons. The highest BCUT2D eigenvalue weighted by molar-refractivity contribution is 8.09. The molecule has 1 amide bonds. The van der Waals surface area contributed by atoms with Gasteiger partial charge in [0.05, 0.1) is 12.6 Å². The predicted molar refractivity (Wildman–Crippen MR) is 140 cm³/mol. The Bertz CT molecular complexity index is 1280. The van der Waals surface area contributed by atoms with E-state index in [1.807, 2.05) is 32.9 Å². The minimum Gasteiger partial charge on any atom is -0.432 e. The quantitative estimate of drug-likeness (QED) is 0.263. The SMILES string of the molecule is Cc1ccccc1OP(=S)(NC(C)C(=O)NC(C)C)OC[C@H]1O[C@@H](n2ccc(=O)[nH]c2=O)[C@](C)(O)[C@@H]1O. The summed E-state index contributed by atoms with van der Waals surface area (Å²) < 4.78 is 18.8. The summed E-state index contributed by atoms with van der Waals surface area (Å²) in [5.41, 5.74) is -2.55. The van der Waals surface area contributed by atoms with Gasteiger partial charge in [-0.2, -0.15) is 0 Å². The summed E-state index contributed by atoms with van der Waals surface area (Å²) in [4.78, 5) is 38.3. The van der Waals surface area contributed by atoms with Crippen LogP contribution in [0.1, 0.15) is 39.5 Å². The number of nitrogens with zero attached hydrogens (tertiary/aromatic N) is 1. The number of para-hydroxylation sites is 1. The molecular formula is C23H33N4O8PS. The Morgan fingerprint density at radius 1 is 1.30 bits per heavy atom. The summed E-state index contributed by atoms with van der Waals surface area (Å²) in [6.07, 6.45) is -2.76. The third-order valence-electron chi connectivity index (χ3n) is 5.76. The molecule has 3 rings (SSSR count). The number of aliphatic hydroxyl groups excluding tert-OH is 1. The van der Waals surface area contributed by atoms with Crippen molar-refractivity contribution in [3.05, 3.63) is 62.9 Å². The van der Waals surface area contributed by atoms with E-state index >= 15 is 0 Å². The number of benzene rings is 1. The van der Waals surface area contributed by atoms with E-state index in [1.54, 1.807) is 19.1 Å². The number of ether oxygens (including phenoxy) is 1. The van der Waals surface area contributed by atoms with E-state index in [0.717, 1.165) is 16.2 Å². The molecule has 14 heteroatoms. The molecular weight excluding hydrogens is 523 g/mol. The maximum absolute atomic E-state index is 12.5. The first-order valence-corrected chi connectivity index (χ1v) is 14.3. The van der Waals surface area contributed by atoms with Gasteiger partial charge in [-0.25, -0.2) is 9.88 Å². The van der Waals surface area contributed by atoms with Crippen molar-refractivity contribution in [1.82, 2.24) is 20.0 Å². The van der Waals surface area contributed by atoms with Gasteiger partial charge in [-0.3, -0.25) is 19.1 Å². The van der Waals surface area contributed by atoms with Gasteiger partial charge in [0.1, 0.15) is 23.6 Å². The molecule has 12 nitrogen and oxygen atoms in total. The van der Waals surface area contributed by atoms with Crippen molar-refractivity contribution in [2.24, 2.45) is 0 Å². The number of aromatic amines is 1. The lowest BCUT2D eigenvalue weighted by Gasteiger charge is -2.29. The lowest BCUT2D eigenvalue weighted by Crippen LogP contribution is -2.47. The van der Waals surface area contributed by atoms with E-state index in [9.17, 15) is 24.6 Å². The van der Waals surface area contributed by atoms with Crippen LogP contribution in [0.4, 0.5) is 0 Å². The largest absolute Gasteiger partial charge is 0.432 e. The van der Waals surface area contributed by atoms with Crippen LogP contribution in [0.25, 0.3) is 0 Å². The average Bonchev–Trinajstić information content (AvgIpc) is 3.02. The van der Waals surface area contributed by atoms with Crippen LogP contribution in [-0.4, -0.2) is 62.2 Å². The van der Waals surface area contributed by atoms with Crippen LogP contribution in [-0.2, 0) is 25.9 Å². The second-order valence-electron chi connectivity index (χ2n) is 9.38.